The number of hydrazine groups is 1. The van der Waals surface area contributed by atoms with E-state index in [0.717, 1.165) is 5.56 Å². The molecule has 0 fully saturated rings. The Labute approximate surface area is 117 Å². The Bertz CT molecular complexity index is 529. The zero-order valence-corrected chi connectivity index (χ0v) is 12.0. The topological polar surface area (TPSA) is 107 Å². The van der Waals surface area contributed by atoms with Crippen LogP contribution in [0.1, 0.15) is 25.0 Å². The summed E-state index contributed by atoms with van der Waals surface area (Å²) in [6, 6.07) is 3.00. The summed E-state index contributed by atoms with van der Waals surface area (Å²) in [7, 11) is 0. The summed E-state index contributed by atoms with van der Waals surface area (Å²) in [4.78, 5) is 22.1. The summed E-state index contributed by atoms with van der Waals surface area (Å²) in [5.74, 6) is 4.83. The van der Waals surface area contributed by atoms with E-state index >= 15 is 0 Å². The fourth-order valence-corrected chi connectivity index (χ4v) is 1.86. The number of carbonyl (C=O) groups is 1. The number of hydrogen-bond donors (Lipinski definition) is 2. The maximum absolute atomic E-state index is 11.7. The van der Waals surface area contributed by atoms with E-state index < -0.39 is 16.9 Å². The van der Waals surface area contributed by atoms with Crippen molar-refractivity contribution in [1.29, 1.82) is 0 Å². The van der Waals surface area contributed by atoms with Crippen LogP contribution >= 0.6 is 0 Å². The number of ether oxygens (including phenoxy) is 1. The molecule has 0 aromatic heterocycles. The van der Waals surface area contributed by atoms with Gasteiger partial charge in [-0.1, -0.05) is 13.8 Å². The number of hydrogen-bond acceptors (Lipinski definition) is 5. The Balaban J connectivity index is 3.16. The molecule has 1 amide bonds. The molecule has 1 aromatic rings. The first-order valence-corrected chi connectivity index (χ1v) is 6.20. The third kappa shape index (κ3) is 3.45. The fourth-order valence-electron chi connectivity index (χ4n) is 1.86. The van der Waals surface area contributed by atoms with Crippen LogP contribution in [0, 0.1) is 29.9 Å². The van der Waals surface area contributed by atoms with Crippen molar-refractivity contribution in [2.75, 3.05) is 0 Å². The number of benzene rings is 1. The van der Waals surface area contributed by atoms with E-state index in [2.05, 4.69) is 0 Å². The molecule has 1 aromatic carbocycles. The van der Waals surface area contributed by atoms with Crippen molar-refractivity contribution in [3.8, 4) is 5.75 Å². The highest BCUT2D eigenvalue weighted by Gasteiger charge is 2.25. The van der Waals surface area contributed by atoms with Crippen LogP contribution in [-0.4, -0.2) is 16.9 Å². The molecule has 110 valence electrons. The highest BCUT2D eigenvalue weighted by Crippen LogP contribution is 2.29. The van der Waals surface area contributed by atoms with Crippen LogP contribution in [0.4, 0.5) is 5.69 Å². The average Bonchev–Trinajstić information content (AvgIpc) is 2.36. The Morgan fingerprint density at radius 2 is 1.95 bits per heavy atom. The average molecular weight is 281 g/mol. The quantitative estimate of drug-likeness (QED) is 0.369. The van der Waals surface area contributed by atoms with Crippen LogP contribution in [0.2, 0.25) is 0 Å². The molecule has 0 aliphatic rings. The molecular formula is C13H19N3O4. The van der Waals surface area contributed by atoms with Gasteiger partial charge in [0.25, 0.3) is 11.6 Å². The molecule has 1 rings (SSSR count). The third-order valence-corrected chi connectivity index (χ3v) is 2.95. The number of nitrogens with zero attached hydrogens (tertiary/aromatic N) is 1. The largest absolute Gasteiger partial charge is 0.480 e. The van der Waals surface area contributed by atoms with Crippen molar-refractivity contribution in [3.05, 3.63) is 33.4 Å². The van der Waals surface area contributed by atoms with E-state index in [-0.39, 0.29) is 11.6 Å². The number of nitro benzene ring substituents is 1. The number of amides is 1. The van der Waals surface area contributed by atoms with Gasteiger partial charge in [-0.05, 0) is 31.4 Å². The van der Waals surface area contributed by atoms with Crippen LogP contribution in [0.5, 0.6) is 5.75 Å². The SMILES string of the molecule is Cc1cc(C)c([N+](=O)[O-])cc1OC(C(=O)NN)C(C)C. The number of nitrogens with one attached hydrogen (secondary N) is 1. The highest BCUT2D eigenvalue weighted by molar-refractivity contribution is 5.80. The molecule has 0 aliphatic carbocycles. The van der Waals surface area contributed by atoms with Crippen molar-refractivity contribution in [2.24, 2.45) is 11.8 Å². The van der Waals surface area contributed by atoms with Gasteiger partial charge in [-0.25, -0.2) is 5.84 Å². The zero-order chi connectivity index (χ0) is 15.4. The molecule has 0 saturated heterocycles. The molecule has 0 aliphatic heterocycles. The fraction of sp³-hybridized carbons (Fsp3) is 0.462. The lowest BCUT2D eigenvalue weighted by Crippen LogP contribution is -2.44. The lowest BCUT2D eigenvalue weighted by atomic mass is 10.1. The summed E-state index contributed by atoms with van der Waals surface area (Å²) in [6.45, 7) is 7.03. The second-order valence-electron chi connectivity index (χ2n) is 4.95. The van der Waals surface area contributed by atoms with E-state index in [1.807, 2.05) is 5.43 Å². The van der Waals surface area contributed by atoms with Gasteiger partial charge in [-0.15, -0.1) is 0 Å². The smallest absolute Gasteiger partial charge is 0.276 e. The van der Waals surface area contributed by atoms with Gasteiger partial charge in [0.2, 0.25) is 0 Å². The molecular weight excluding hydrogens is 262 g/mol. The van der Waals surface area contributed by atoms with E-state index in [9.17, 15) is 14.9 Å². The van der Waals surface area contributed by atoms with Gasteiger partial charge in [0.1, 0.15) is 5.75 Å². The molecule has 1 unspecified atom stereocenters. The minimum Gasteiger partial charge on any atom is -0.480 e. The number of carbonyl (C=O) groups excluding carboxylic acids is 1. The van der Waals surface area contributed by atoms with Crippen LogP contribution in [0.3, 0.4) is 0 Å². The monoisotopic (exact) mass is 281 g/mol. The molecule has 7 heteroatoms. The van der Waals surface area contributed by atoms with Crippen molar-refractivity contribution in [1.82, 2.24) is 5.43 Å². The van der Waals surface area contributed by atoms with Crippen molar-refractivity contribution in [3.63, 3.8) is 0 Å². The lowest BCUT2D eigenvalue weighted by Gasteiger charge is -2.22. The number of nitro groups is 1. The van der Waals surface area contributed by atoms with Crippen molar-refractivity contribution < 1.29 is 14.5 Å². The number of aryl methyl sites for hydroxylation is 2. The molecule has 0 bridgehead atoms. The Kier molecular flexibility index (Phi) is 5.04. The van der Waals surface area contributed by atoms with Crippen LogP contribution < -0.4 is 16.0 Å². The molecule has 3 N–H and O–H groups in total. The molecule has 20 heavy (non-hydrogen) atoms. The van der Waals surface area contributed by atoms with Gasteiger partial charge in [-0.2, -0.15) is 0 Å². The molecule has 7 nitrogen and oxygen atoms in total. The normalized spacial score (nSPS) is 12.1. The molecule has 0 saturated carbocycles. The summed E-state index contributed by atoms with van der Waals surface area (Å²) >= 11 is 0. The van der Waals surface area contributed by atoms with Crippen LogP contribution in [0.15, 0.2) is 12.1 Å². The molecule has 0 spiro atoms. The van der Waals surface area contributed by atoms with E-state index in [4.69, 9.17) is 10.6 Å². The minimum absolute atomic E-state index is 0.0405. The van der Waals surface area contributed by atoms with Gasteiger partial charge in [0, 0.05) is 5.56 Å². The summed E-state index contributed by atoms with van der Waals surface area (Å²) in [6.07, 6.45) is -0.805. The molecule has 0 radical (unpaired) electrons. The maximum atomic E-state index is 11.7. The maximum Gasteiger partial charge on any atom is 0.276 e. The summed E-state index contributed by atoms with van der Waals surface area (Å²) in [5, 5.41) is 10.9. The molecule has 1 atom stereocenters. The third-order valence-electron chi connectivity index (χ3n) is 2.95. The first kappa shape index (κ1) is 15.9. The van der Waals surface area contributed by atoms with Crippen LogP contribution in [-0.2, 0) is 4.79 Å². The number of nitrogens with two attached hydrogens (primary N) is 1. The second kappa shape index (κ2) is 6.33. The predicted octanol–water partition coefficient (Wildman–Crippen LogP) is 1.60. The minimum atomic E-state index is -0.805. The Morgan fingerprint density at radius 3 is 2.40 bits per heavy atom. The van der Waals surface area contributed by atoms with Gasteiger partial charge in [0.05, 0.1) is 11.0 Å². The predicted molar refractivity (Wildman–Crippen MR) is 74.2 cm³/mol. The van der Waals surface area contributed by atoms with Crippen molar-refractivity contribution in [2.45, 2.75) is 33.8 Å². The lowest BCUT2D eigenvalue weighted by molar-refractivity contribution is -0.385. The van der Waals surface area contributed by atoms with Gasteiger partial charge in [0.15, 0.2) is 6.10 Å². The van der Waals surface area contributed by atoms with Gasteiger partial charge in [-0.3, -0.25) is 20.3 Å². The van der Waals surface area contributed by atoms with E-state index in [1.54, 1.807) is 33.8 Å². The van der Waals surface area contributed by atoms with E-state index in [1.165, 1.54) is 6.07 Å². The first-order valence-electron chi connectivity index (χ1n) is 6.20. The second-order valence-corrected chi connectivity index (χ2v) is 4.95. The van der Waals surface area contributed by atoms with Crippen molar-refractivity contribution >= 4 is 11.6 Å². The first-order chi connectivity index (χ1) is 9.27. The molecule has 0 heterocycles. The zero-order valence-electron chi connectivity index (χ0n) is 12.0. The Morgan fingerprint density at radius 1 is 1.35 bits per heavy atom. The summed E-state index contributed by atoms with van der Waals surface area (Å²) in [5.41, 5.74) is 3.27. The van der Waals surface area contributed by atoms with Gasteiger partial charge >= 0.3 is 0 Å². The summed E-state index contributed by atoms with van der Waals surface area (Å²) < 4.78 is 5.61. The van der Waals surface area contributed by atoms with Gasteiger partial charge < -0.3 is 4.74 Å². The number of rotatable bonds is 5. The van der Waals surface area contributed by atoms with E-state index in [0.29, 0.717) is 11.3 Å². The Hall–Kier alpha value is -2.15. The standard InChI is InChI=1S/C13H19N3O4/c1-7(2)12(13(17)15-14)20-11-6-10(16(18)19)8(3)5-9(11)4/h5-7,12H,14H2,1-4H3,(H,15,17). The highest BCUT2D eigenvalue weighted by atomic mass is 16.6. The van der Waals surface area contributed by atoms with Crippen LogP contribution in [0.25, 0.3) is 0 Å².